The summed E-state index contributed by atoms with van der Waals surface area (Å²) in [5, 5.41) is 14.5. The number of benzene rings is 1. The van der Waals surface area contributed by atoms with Crippen molar-refractivity contribution in [2.24, 2.45) is 0 Å². The van der Waals surface area contributed by atoms with E-state index in [9.17, 15) is 14.7 Å². The molecule has 0 saturated carbocycles. The zero-order valence-electron chi connectivity index (χ0n) is 9.08. The van der Waals surface area contributed by atoms with Crippen LogP contribution in [0.25, 0.3) is 5.69 Å². The Kier molecular flexibility index (Phi) is 2.74. The smallest absolute Gasteiger partial charge is 0.209 e. The van der Waals surface area contributed by atoms with E-state index in [1.807, 2.05) is 6.07 Å². The van der Waals surface area contributed by atoms with Crippen LogP contribution in [0.1, 0.15) is 16.2 Å². The van der Waals surface area contributed by atoms with Gasteiger partial charge in [0.1, 0.15) is 0 Å². The number of para-hydroxylation sites is 1. The van der Waals surface area contributed by atoms with Crippen LogP contribution in [0, 0.1) is 6.92 Å². The number of aryl methyl sites for hydroxylation is 1. The Bertz CT molecular complexity index is 617. The second kappa shape index (κ2) is 4.21. The summed E-state index contributed by atoms with van der Waals surface area (Å²) in [6.45, 7) is 1.68. The molecule has 0 atom stereocenters. The molecule has 5 nitrogen and oxygen atoms in total. The summed E-state index contributed by atoms with van der Waals surface area (Å²) in [6.07, 6.45) is 0. The lowest BCUT2D eigenvalue weighted by Crippen LogP contribution is -2.32. The number of aromatic nitrogens is 2. The highest BCUT2D eigenvalue weighted by Gasteiger charge is 2.07. The van der Waals surface area contributed by atoms with Crippen molar-refractivity contribution < 1.29 is 9.90 Å². The topological polar surface area (TPSA) is 75.0 Å². The van der Waals surface area contributed by atoms with Gasteiger partial charge in [0, 0.05) is 11.8 Å². The van der Waals surface area contributed by atoms with Gasteiger partial charge in [-0.25, -0.2) is 4.68 Å². The van der Waals surface area contributed by atoms with Crippen LogP contribution in [-0.2, 0) is 0 Å². The van der Waals surface area contributed by atoms with Gasteiger partial charge >= 0.3 is 0 Å². The molecule has 1 aromatic carbocycles. The third-order valence-electron chi connectivity index (χ3n) is 2.30. The Balaban J connectivity index is 2.67. The molecule has 2 rings (SSSR count). The summed E-state index contributed by atoms with van der Waals surface area (Å²) < 4.78 is 1.40. The van der Waals surface area contributed by atoms with Crippen molar-refractivity contribution in [3.05, 3.63) is 58.0 Å². The first-order valence-electron chi connectivity index (χ1n) is 4.97. The van der Waals surface area contributed by atoms with E-state index in [0.717, 1.165) is 0 Å². The normalized spacial score (nSPS) is 10.2. The first-order valence-corrected chi connectivity index (χ1v) is 4.97. The molecule has 86 valence electrons. The Morgan fingerprint density at radius 3 is 2.53 bits per heavy atom. The molecule has 0 bridgehead atoms. The van der Waals surface area contributed by atoms with Crippen molar-refractivity contribution in [3.8, 4) is 5.69 Å². The van der Waals surface area contributed by atoms with Crippen molar-refractivity contribution in [3.63, 3.8) is 0 Å². The summed E-state index contributed by atoms with van der Waals surface area (Å²) in [5.41, 5.74) is 0.0211. The highest BCUT2D eigenvalue weighted by atomic mass is 16.4. The first kappa shape index (κ1) is 11.1. The number of carboxylic acid groups (broad SMARTS) is 1. The summed E-state index contributed by atoms with van der Waals surface area (Å²) in [5.74, 6) is -1.57. The molecule has 0 N–H and O–H groups in total. The first-order chi connectivity index (χ1) is 8.09. The van der Waals surface area contributed by atoms with Gasteiger partial charge in [0.2, 0.25) is 5.43 Å². The van der Waals surface area contributed by atoms with Gasteiger partial charge < -0.3 is 9.90 Å². The molecule has 1 aromatic heterocycles. The van der Waals surface area contributed by atoms with Gasteiger partial charge in [-0.05, 0) is 19.1 Å². The van der Waals surface area contributed by atoms with E-state index in [1.165, 1.54) is 10.7 Å². The summed E-state index contributed by atoms with van der Waals surface area (Å²) >= 11 is 0. The molecule has 0 aliphatic heterocycles. The van der Waals surface area contributed by atoms with Crippen LogP contribution >= 0.6 is 0 Å². The number of aromatic carboxylic acids is 1. The molecular formula is C12H9N2O3-. The standard InChI is InChI=1S/C12H10N2O3/c1-8-7-10(15)11(12(16)17)13-14(8)9-5-3-2-4-6-9/h2-7H,1H3,(H,16,17)/p-1. The van der Waals surface area contributed by atoms with Gasteiger partial charge in [-0.2, -0.15) is 5.10 Å². The molecule has 0 unspecified atom stereocenters. The highest BCUT2D eigenvalue weighted by Crippen LogP contribution is 2.07. The molecule has 17 heavy (non-hydrogen) atoms. The lowest BCUT2D eigenvalue weighted by Gasteiger charge is -2.11. The van der Waals surface area contributed by atoms with E-state index in [4.69, 9.17) is 0 Å². The minimum Gasteiger partial charge on any atom is -0.543 e. The van der Waals surface area contributed by atoms with Gasteiger partial charge in [-0.15, -0.1) is 0 Å². The molecule has 5 heteroatoms. The predicted octanol–water partition coefficient (Wildman–Crippen LogP) is -0.0956. The van der Waals surface area contributed by atoms with Gasteiger partial charge in [-0.1, -0.05) is 18.2 Å². The van der Waals surface area contributed by atoms with E-state index in [1.54, 1.807) is 31.2 Å². The highest BCUT2D eigenvalue weighted by molar-refractivity contribution is 5.83. The number of nitrogens with zero attached hydrogens (tertiary/aromatic N) is 2. The molecule has 0 aliphatic rings. The largest absolute Gasteiger partial charge is 0.543 e. The third-order valence-corrected chi connectivity index (χ3v) is 2.30. The fourth-order valence-corrected chi connectivity index (χ4v) is 1.52. The minimum atomic E-state index is -1.57. The monoisotopic (exact) mass is 229 g/mol. The molecule has 0 fully saturated rings. The van der Waals surface area contributed by atoms with Crippen LogP contribution in [0.3, 0.4) is 0 Å². The molecular weight excluding hydrogens is 220 g/mol. The van der Waals surface area contributed by atoms with Crippen molar-refractivity contribution >= 4 is 5.97 Å². The molecule has 1 heterocycles. The average Bonchev–Trinajstić information content (AvgIpc) is 2.29. The minimum absolute atomic E-state index is 0.561. The van der Waals surface area contributed by atoms with Crippen molar-refractivity contribution in [1.82, 2.24) is 9.78 Å². The second-order valence-corrected chi connectivity index (χ2v) is 3.53. The lowest BCUT2D eigenvalue weighted by atomic mass is 10.3. The van der Waals surface area contributed by atoms with Gasteiger partial charge in [0.05, 0.1) is 11.7 Å². The Morgan fingerprint density at radius 2 is 1.94 bits per heavy atom. The summed E-state index contributed by atoms with van der Waals surface area (Å²) in [4.78, 5) is 22.1. The number of hydrogen-bond acceptors (Lipinski definition) is 4. The SMILES string of the molecule is Cc1cc(=O)c(C(=O)[O-])nn1-c1ccccc1. The molecule has 0 aliphatic carbocycles. The Labute approximate surface area is 97.0 Å². The van der Waals surface area contributed by atoms with Crippen LogP contribution < -0.4 is 10.5 Å². The number of carboxylic acids is 1. The molecule has 0 radical (unpaired) electrons. The number of rotatable bonds is 2. The second-order valence-electron chi connectivity index (χ2n) is 3.53. The van der Waals surface area contributed by atoms with E-state index in [0.29, 0.717) is 11.4 Å². The lowest BCUT2D eigenvalue weighted by molar-refractivity contribution is -0.255. The maximum atomic E-state index is 11.4. The summed E-state index contributed by atoms with van der Waals surface area (Å²) in [7, 11) is 0. The fourth-order valence-electron chi connectivity index (χ4n) is 1.52. The number of carbonyl (C=O) groups is 1. The number of hydrogen-bond donors (Lipinski definition) is 0. The molecule has 0 saturated heterocycles. The van der Waals surface area contributed by atoms with Crippen LogP contribution in [0.2, 0.25) is 0 Å². The maximum Gasteiger partial charge on any atom is 0.209 e. The fraction of sp³-hybridized carbons (Fsp3) is 0.0833. The predicted molar refractivity (Wildman–Crippen MR) is 58.9 cm³/mol. The van der Waals surface area contributed by atoms with Gasteiger partial charge in [0.25, 0.3) is 0 Å². The zero-order chi connectivity index (χ0) is 12.4. The van der Waals surface area contributed by atoms with E-state index in [2.05, 4.69) is 5.10 Å². The number of carbonyl (C=O) groups excluding carboxylic acids is 1. The van der Waals surface area contributed by atoms with Crippen molar-refractivity contribution in [2.75, 3.05) is 0 Å². The quantitative estimate of drug-likeness (QED) is 0.721. The average molecular weight is 229 g/mol. The Morgan fingerprint density at radius 1 is 1.29 bits per heavy atom. The zero-order valence-corrected chi connectivity index (χ0v) is 9.08. The van der Waals surface area contributed by atoms with E-state index >= 15 is 0 Å². The van der Waals surface area contributed by atoms with Crippen LogP contribution in [-0.4, -0.2) is 15.7 Å². The molecule has 2 aromatic rings. The van der Waals surface area contributed by atoms with E-state index < -0.39 is 17.1 Å². The van der Waals surface area contributed by atoms with Crippen molar-refractivity contribution in [1.29, 1.82) is 0 Å². The van der Waals surface area contributed by atoms with Gasteiger partial charge in [-0.3, -0.25) is 4.79 Å². The van der Waals surface area contributed by atoms with E-state index in [-0.39, 0.29) is 0 Å². The third kappa shape index (κ3) is 2.08. The van der Waals surface area contributed by atoms with Gasteiger partial charge in [0.15, 0.2) is 5.69 Å². The molecule has 0 amide bonds. The molecule has 0 spiro atoms. The summed E-state index contributed by atoms with van der Waals surface area (Å²) in [6, 6.07) is 10.2. The van der Waals surface area contributed by atoms with Crippen LogP contribution in [0.5, 0.6) is 0 Å². The maximum absolute atomic E-state index is 11.4. The van der Waals surface area contributed by atoms with Crippen molar-refractivity contribution in [2.45, 2.75) is 6.92 Å². The van der Waals surface area contributed by atoms with Crippen LogP contribution in [0.15, 0.2) is 41.2 Å². The Hall–Kier alpha value is -2.43. The van der Waals surface area contributed by atoms with Crippen LogP contribution in [0.4, 0.5) is 0 Å².